The lowest BCUT2D eigenvalue weighted by molar-refractivity contribution is 0.0814. The minimum absolute atomic E-state index is 0.127. The van der Waals surface area contributed by atoms with Crippen LogP contribution in [0.15, 0.2) is 48.5 Å². The van der Waals surface area contributed by atoms with Gasteiger partial charge in [-0.2, -0.15) is 0 Å². The van der Waals surface area contributed by atoms with Gasteiger partial charge in [0.15, 0.2) is 6.10 Å². The molecule has 0 spiro atoms. The molecule has 0 saturated carbocycles. The quantitative estimate of drug-likeness (QED) is 0.858. The highest BCUT2D eigenvalue weighted by molar-refractivity contribution is 6.30. The lowest BCUT2D eigenvalue weighted by atomic mass is 10.1. The highest BCUT2D eigenvalue weighted by Crippen LogP contribution is 2.20. The Labute approximate surface area is 122 Å². The molecule has 0 amide bonds. The summed E-state index contributed by atoms with van der Waals surface area (Å²) in [5, 5.41) is 9.82. The third-order valence-corrected chi connectivity index (χ3v) is 3.20. The van der Waals surface area contributed by atoms with Gasteiger partial charge in [-0.25, -0.2) is 0 Å². The molecule has 0 heterocycles. The largest absolute Gasteiger partial charge is 0.482 e. The highest BCUT2D eigenvalue weighted by Gasteiger charge is 2.17. The Kier molecular flexibility index (Phi) is 4.77. The number of halogens is 1. The third-order valence-electron chi connectivity index (χ3n) is 2.94. The van der Waals surface area contributed by atoms with E-state index in [0.717, 1.165) is 0 Å². The van der Waals surface area contributed by atoms with Gasteiger partial charge in [0.25, 0.3) is 0 Å². The molecule has 1 atom stereocenters. The molecule has 3 nitrogen and oxygen atoms in total. The van der Waals surface area contributed by atoms with E-state index in [9.17, 15) is 9.90 Å². The molecule has 1 unspecified atom stereocenters. The van der Waals surface area contributed by atoms with E-state index in [2.05, 4.69) is 0 Å². The van der Waals surface area contributed by atoms with Crippen molar-refractivity contribution in [3.8, 4) is 5.75 Å². The fourth-order valence-electron chi connectivity index (χ4n) is 1.84. The molecule has 0 bridgehead atoms. The van der Waals surface area contributed by atoms with Crippen LogP contribution in [0.3, 0.4) is 0 Å². The number of para-hydroxylation sites is 1. The molecule has 0 aliphatic carbocycles. The average Bonchev–Trinajstić information content (AvgIpc) is 2.48. The number of Topliss-reactive ketones (excluding diaryl/α,β-unsaturated/α-hetero) is 1. The zero-order valence-corrected chi connectivity index (χ0v) is 11.8. The summed E-state index contributed by atoms with van der Waals surface area (Å²) in [6.07, 6.45) is -0.635. The van der Waals surface area contributed by atoms with E-state index in [4.69, 9.17) is 16.3 Å². The average molecular weight is 291 g/mol. The van der Waals surface area contributed by atoms with Crippen molar-refractivity contribution < 1.29 is 14.6 Å². The summed E-state index contributed by atoms with van der Waals surface area (Å²) in [4.78, 5) is 12.2. The van der Waals surface area contributed by atoms with Gasteiger partial charge in [-0.3, -0.25) is 4.79 Å². The number of hydrogen-bond donors (Lipinski definition) is 1. The summed E-state index contributed by atoms with van der Waals surface area (Å²) in [5.74, 6) is 0.388. The highest BCUT2D eigenvalue weighted by atomic mass is 35.5. The molecule has 0 aliphatic heterocycles. The molecule has 0 fully saturated rings. The summed E-state index contributed by atoms with van der Waals surface area (Å²) < 4.78 is 5.64. The lowest BCUT2D eigenvalue weighted by Gasteiger charge is -2.16. The number of ether oxygens (including phenoxy) is 1. The molecule has 1 N–H and O–H groups in total. The Morgan fingerprint density at radius 1 is 1.20 bits per heavy atom. The Balaban J connectivity index is 2.13. The molecule has 104 valence electrons. The van der Waals surface area contributed by atoms with Crippen LogP contribution in [0.1, 0.15) is 22.8 Å². The Bertz CT molecular complexity index is 593. The zero-order chi connectivity index (χ0) is 14.5. The molecule has 2 aromatic rings. The van der Waals surface area contributed by atoms with Crippen LogP contribution in [-0.2, 0) is 6.61 Å². The van der Waals surface area contributed by atoms with Gasteiger partial charge < -0.3 is 9.84 Å². The van der Waals surface area contributed by atoms with E-state index in [-0.39, 0.29) is 12.4 Å². The molecule has 2 rings (SSSR count). The van der Waals surface area contributed by atoms with Crippen molar-refractivity contribution in [3.05, 3.63) is 64.7 Å². The van der Waals surface area contributed by atoms with Crippen LogP contribution in [0.5, 0.6) is 5.75 Å². The first-order valence-electron chi connectivity index (χ1n) is 6.27. The van der Waals surface area contributed by atoms with Crippen LogP contribution in [0.4, 0.5) is 0 Å². The van der Waals surface area contributed by atoms with Gasteiger partial charge in [0, 0.05) is 16.1 Å². The number of carbonyl (C=O) groups excluding carboxylic acids is 1. The van der Waals surface area contributed by atoms with E-state index in [1.54, 1.807) is 49.4 Å². The first kappa shape index (κ1) is 14.6. The fourth-order valence-corrected chi connectivity index (χ4v) is 1.97. The number of aliphatic hydroxyl groups is 1. The normalized spacial score (nSPS) is 11.9. The van der Waals surface area contributed by atoms with Crippen LogP contribution >= 0.6 is 11.6 Å². The monoisotopic (exact) mass is 290 g/mol. The predicted molar refractivity (Wildman–Crippen MR) is 78.2 cm³/mol. The van der Waals surface area contributed by atoms with E-state index in [1.165, 1.54) is 0 Å². The van der Waals surface area contributed by atoms with Gasteiger partial charge in [0.05, 0.1) is 6.61 Å². The van der Waals surface area contributed by atoms with Crippen molar-refractivity contribution in [2.45, 2.75) is 19.6 Å². The van der Waals surface area contributed by atoms with Crippen molar-refractivity contribution in [1.29, 1.82) is 0 Å². The summed E-state index contributed by atoms with van der Waals surface area (Å²) in [6, 6.07) is 13.8. The van der Waals surface area contributed by atoms with Crippen LogP contribution in [-0.4, -0.2) is 17.0 Å². The predicted octanol–water partition coefficient (Wildman–Crippen LogP) is 3.48. The Hall–Kier alpha value is -1.84. The molecule has 0 aliphatic rings. The van der Waals surface area contributed by atoms with Gasteiger partial charge >= 0.3 is 0 Å². The van der Waals surface area contributed by atoms with Gasteiger partial charge in [0.1, 0.15) is 5.75 Å². The van der Waals surface area contributed by atoms with Crippen LogP contribution < -0.4 is 4.74 Å². The van der Waals surface area contributed by atoms with Crippen molar-refractivity contribution in [3.63, 3.8) is 0 Å². The maximum atomic E-state index is 12.2. The van der Waals surface area contributed by atoms with Crippen molar-refractivity contribution >= 4 is 17.4 Å². The molecular weight excluding hydrogens is 276 g/mol. The summed E-state index contributed by atoms with van der Waals surface area (Å²) in [5.41, 5.74) is 1.20. The van der Waals surface area contributed by atoms with Crippen LogP contribution in [0.25, 0.3) is 0 Å². The number of ketones is 1. The second-order valence-electron chi connectivity index (χ2n) is 4.40. The molecule has 0 aromatic heterocycles. The lowest BCUT2D eigenvalue weighted by Crippen LogP contribution is -2.24. The first-order valence-corrected chi connectivity index (χ1v) is 6.65. The minimum atomic E-state index is -0.635. The first-order chi connectivity index (χ1) is 9.61. The summed E-state index contributed by atoms with van der Waals surface area (Å²) in [6.45, 7) is 1.56. The summed E-state index contributed by atoms with van der Waals surface area (Å²) in [7, 11) is 0. The van der Waals surface area contributed by atoms with Gasteiger partial charge in [0.2, 0.25) is 5.78 Å². The van der Waals surface area contributed by atoms with Gasteiger partial charge in [-0.05, 0) is 37.3 Å². The number of rotatable bonds is 5. The Morgan fingerprint density at radius 3 is 2.50 bits per heavy atom. The van der Waals surface area contributed by atoms with Crippen molar-refractivity contribution in [2.24, 2.45) is 0 Å². The molecule has 0 saturated heterocycles. The number of benzene rings is 2. The van der Waals surface area contributed by atoms with E-state index in [1.807, 2.05) is 6.07 Å². The van der Waals surface area contributed by atoms with E-state index >= 15 is 0 Å². The van der Waals surface area contributed by atoms with Crippen LogP contribution in [0.2, 0.25) is 5.02 Å². The third kappa shape index (κ3) is 3.38. The maximum absolute atomic E-state index is 12.2. The topological polar surface area (TPSA) is 46.5 Å². The summed E-state index contributed by atoms with van der Waals surface area (Å²) >= 11 is 5.79. The van der Waals surface area contributed by atoms with E-state index < -0.39 is 6.10 Å². The minimum Gasteiger partial charge on any atom is -0.482 e. The molecular formula is C16H15ClO3. The number of aliphatic hydroxyl groups excluding tert-OH is 1. The second-order valence-corrected chi connectivity index (χ2v) is 4.83. The Morgan fingerprint density at radius 2 is 1.85 bits per heavy atom. The van der Waals surface area contributed by atoms with Gasteiger partial charge in [-0.1, -0.05) is 29.8 Å². The van der Waals surface area contributed by atoms with E-state index in [0.29, 0.717) is 21.9 Å². The number of hydrogen-bond acceptors (Lipinski definition) is 3. The van der Waals surface area contributed by atoms with Gasteiger partial charge in [-0.15, -0.1) is 0 Å². The molecule has 0 radical (unpaired) electrons. The molecule has 2 aromatic carbocycles. The van der Waals surface area contributed by atoms with Crippen LogP contribution in [0, 0.1) is 0 Å². The fraction of sp³-hybridized carbons (Fsp3) is 0.188. The second kappa shape index (κ2) is 6.55. The zero-order valence-electron chi connectivity index (χ0n) is 11.0. The van der Waals surface area contributed by atoms with Crippen molar-refractivity contribution in [2.75, 3.05) is 0 Å². The molecule has 20 heavy (non-hydrogen) atoms. The standard InChI is InChI=1S/C16H15ClO3/c1-11(16(19)12-6-8-14(17)9-7-12)20-15-5-3-2-4-13(15)10-18/h2-9,11,18H,10H2,1H3. The smallest absolute Gasteiger partial charge is 0.202 e. The maximum Gasteiger partial charge on any atom is 0.202 e. The molecule has 4 heteroatoms. The van der Waals surface area contributed by atoms with Crippen molar-refractivity contribution in [1.82, 2.24) is 0 Å². The number of carbonyl (C=O) groups is 1. The SMILES string of the molecule is CC(Oc1ccccc1CO)C(=O)c1ccc(Cl)cc1.